The van der Waals surface area contributed by atoms with Crippen molar-refractivity contribution < 1.29 is 19.2 Å². The number of hydrogen-bond acceptors (Lipinski definition) is 5. The van der Waals surface area contributed by atoms with Crippen molar-refractivity contribution in [3.63, 3.8) is 0 Å². The van der Waals surface area contributed by atoms with Gasteiger partial charge in [0.2, 0.25) is 0 Å². The molecule has 3 N–H and O–H groups in total. The highest BCUT2D eigenvalue weighted by Gasteiger charge is 2.15. The molecule has 0 aliphatic heterocycles. The van der Waals surface area contributed by atoms with Gasteiger partial charge in [-0.3, -0.25) is 4.79 Å². The quantitative estimate of drug-likeness (QED) is 0.649. The third-order valence-corrected chi connectivity index (χ3v) is 3.02. The van der Waals surface area contributed by atoms with E-state index in [9.17, 15) is 9.59 Å². The van der Waals surface area contributed by atoms with Crippen molar-refractivity contribution in [3.05, 3.63) is 42.1 Å². The van der Waals surface area contributed by atoms with Crippen molar-refractivity contribution in [1.29, 1.82) is 0 Å². The largest absolute Gasteiger partial charge is 0.461 e. The minimum absolute atomic E-state index is 0.0244. The van der Waals surface area contributed by atoms with Gasteiger partial charge in [-0.2, -0.15) is 5.90 Å². The molecule has 6 heteroatoms. The maximum atomic E-state index is 11.8. The van der Waals surface area contributed by atoms with Gasteiger partial charge in [0.15, 0.2) is 0 Å². The normalized spacial score (nSPS) is 10.4. The SMILES string of the molecule is C=C(CC(=O)ON)c1cccc2cc(C(=O)OCC)[nH]c12. The zero-order valence-corrected chi connectivity index (χ0v) is 11.6. The number of nitrogens with two attached hydrogens (primary N) is 1. The molecule has 0 spiro atoms. The second kappa shape index (κ2) is 6.23. The molecule has 0 saturated carbocycles. The van der Waals surface area contributed by atoms with Gasteiger partial charge in [0, 0.05) is 10.9 Å². The smallest absolute Gasteiger partial charge is 0.354 e. The Morgan fingerprint density at radius 3 is 2.81 bits per heavy atom. The number of ether oxygens (including phenoxy) is 1. The van der Waals surface area contributed by atoms with Crippen molar-refractivity contribution in [2.45, 2.75) is 13.3 Å². The number of aromatic nitrogens is 1. The number of H-pyrrole nitrogens is 1. The Balaban J connectivity index is 2.39. The van der Waals surface area contributed by atoms with Gasteiger partial charge in [0.05, 0.1) is 18.5 Å². The number of carbonyl (C=O) groups is 2. The first-order chi connectivity index (χ1) is 10.1. The first-order valence-corrected chi connectivity index (χ1v) is 6.43. The van der Waals surface area contributed by atoms with Gasteiger partial charge in [-0.1, -0.05) is 24.8 Å². The number of fused-ring (bicyclic) bond motifs is 1. The van der Waals surface area contributed by atoms with Gasteiger partial charge >= 0.3 is 11.9 Å². The van der Waals surface area contributed by atoms with Crippen molar-refractivity contribution in [2.75, 3.05) is 6.61 Å². The van der Waals surface area contributed by atoms with Crippen LogP contribution in [0, 0.1) is 0 Å². The number of para-hydroxylation sites is 1. The zero-order chi connectivity index (χ0) is 15.4. The Kier molecular flexibility index (Phi) is 4.39. The molecule has 0 aliphatic rings. The van der Waals surface area contributed by atoms with Crippen molar-refractivity contribution in [3.8, 4) is 0 Å². The van der Waals surface area contributed by atoms with Gasteiger partial charge in [-0.15, -0.1) is 0 Å². The molecule has 0 unspecified atom stereocenters. The first-order valence-electron chi connectivity index (χ1n) is 6.43. The number of aromatic amines is 1. The highest BCUT2D eigenvalue weighted by molar-refractivity contribution is 6.00. The molecule has 0 radical (unpaired) electrons. The van der Waals surface area contributed by atoms with Crippen LogP contribution in [-0.2, 0) is 14.4 Å². The molecular weight excluding hydrogens is 272 g/mol. The van der Waals surface area contributed by atoms with Crippen LogP contribution in [0.15, 0.2) is 30.8 Å². The average Bonchev–Trinajstić information content (AvgIpc) is 2.91. The van der Waals surface area contributed by atoms with E-state index < -0.39 is 11.9 Å². The lowest BCUT2D eigenvalue weighted by Crippen LogP contribution is -2.09. The van der Waals surface area contributed by atoms with E-state index in [0.29, 0.717) is 17.9 Å². The molecule has 1 aromatic heterocycles. The standard InChI is InChI=1S/C15H16N2O4/c1-3-20-15(19)12-8-10-5-4-6-11(14(10)17-12)9(2)7-13(18)21-16/h4-6,8,17H,2-3,7,16H2,1H3. The number of hydrogen-bond donors (Lipinski definition) is 2. The molecule has 0 amide bonds. The summed E-state index contributed by atoms with van der Waals surface area (Å²) in [5.41, 5.74) is 2.35. The van der Waals surface area contributed by atoms with Gasteiger partial charge in [0.25, 0.3) is 0 Å². The predicted octanol–water partition coefficient (Wildman–Crippen LogP) is 2.16. The van der Waals surface area contributed by atoms with Crippen molar-refractivity contribution in [2.24, 2.45) is 5.90 Å². The Morgan fingerprint density at radius 2 is 2.14 bits per heavy atom. The number of rotatable bonds is 5. The monoisotopic (exact) mass is 288 g/mol. The molecule has 1 heterocycles. The van der Waals surface area contributed by atoms with E-state index in [4.69, 9.17) is 10.6 Å². The lowest BCUT2D eigenvalue weighted by atomic mass is 10.0. The minimum Gasteiger partial charge on any atom is -0.461 e. The van der Waals surface area contributed by atoms with Crippen LogP contribution in [0.1, 0.15) is 29.4 Å². The van der Waals surface area contributed by atoms with E-state index >= 15 is 0 Å². The topological polar surface area (TPSA) is 94.4 Å². The fraction of sp³-hybridized carbons (Fsp3) is 0.200. The summed E-state index contributed by atoms with van der Waals surface area (Å²) in [5.74, 6) is 3.83. The van der Waals surface area contributed by atoms with Crippen molar-refractivity contribution >= 4 is 28.4 Å². The van der Waals surface area contributed by atoms with E-state index in [1.165, 1.54) is 0 Å². The van der Waals surface area contributed by atoms with Crippen molar-refractivity contribution in [1.82, 2.24) is 4.98 Å². The van der Waals surface area contributed by atoms with E-state index in [1.807, 2.05) is 12.1 Å². The lowest BCUT2D eigenvalue weighted by molar-refractivity contribution is -0.142. The number of benzene rings is 1. The zero-order valence-electron chi connectivity index (χ0n) is 11.6. The molecule has 0 fully saturated rings. The Labute approximate surface area is 121 Å². The Hall–Kier alpha value is -2.60. The highest BCUT2D eigenvalue weighted by atomic mass is 16.7. The summed E-state index contributed by atoms with van der Waals surface area (Å²) in [5, 5.41) is 0.831. The number of nitrogens with one attached hydrogen (secondary N) is 1. The summed E-state index contributed by atoms with van der Waals surface area (Å²) in [4.78, 5) is 30.1. The molecular formula is C15H16N2O4. The third kappa shape index (κ3) is 3.11. The van der Waals surface area contributed by atoms with Crippen LogP contribution in [0.2, 0.25) is 0 Å². The summed E-state index contributed by atoms with van der Waals surface area (Å²) < 4.78 is 4.96. The number of carbonyl (C=O) groups excluding carboxylic acids is 2. The molecule has 21 heavy (non-hydrogen) atoms. The fourth-order valence-electron chi connectivity index (χ4n) is 2.08. The minimum atomic E-state index is -0.575. The van der Waals surface area contributed by atoms with Gasteiger partial charge < -0.3 is 14.6 Å². The second-order valence-electron chi connectivity index (χ2n) is 4.44. The van der Waals surface area contributed by atoms with E-state index in [1.54, 1.807) is 19.1 Å². The molecule has 2 rings (SSSR count). The summed E-state index contributed by atoms with van der Waals surface area (Å²) >= 11 is 0. The van der Waals surface area contributed by atoms with Crippen LogP contribution in [0.3, 0.4) is 0 Å². The van der Waals surface area contributed by atoms with Crippen LogP contribution in [0.25, 0.3) is 16.5 Å². The average molecular weight is 288 g/mol. The van der Waals surface area contributed by atoms with E-state index in [-0.39, 0.29) is 6.42 Å². The van der Waals surface area contributed by atoms with Crippen LogP contribution >= 0.6 is 0 Å². The highest BCUT2D eigenvalue weighted by Crippen LogP contribution is 2.26. The summed E-state index contributed by atoms with van der Waals surface area (Å²) in [7, 11) is 0. The van der Waals surface area contributed by atoms with E-state index in [0.717, 1.165) is 16.5 Å². The lowest BCUT2D eigenvalue weighted by Gasteiger charge is -2.06. The third-order valence-electron chi connectivity index (χ3n) is 3.02. The van der Waals surface area contributed by atoms with Gasteiger partial charge in [0.1, 0.15) is 5.69 Å². The summed E-state index contributed by atoms with van der Waals surface area (Å²) in [6, 6.07) is 7.18. The molecule has 0 aliphatic carbocycles. The Bertz CT molecular complexity index is 703. The number of esters is 1. The molecule has 6 nitrogen and oxygen atoms in total. The maximum absolute atomic E-state index is 11.8. The van der Waals surface area contributed by atoms with Gasteiger partial charge in [-0.25, -0.2) is 4.79 Å². The van der Waals surface area contributed by atoms with Crippen LogP contribution < -0.4 is 5.90 Å². The van der Waals surface area contributed by atoms with E-state index in [2.05, 4.69) is 16.4 Å². The molecule has 0 saturated heterocycles. The van der Waals surface area contributed by atoms with Crippen LogP contribution in [0.4, 0.5) is 0 Å². The first kappa shape index (κ1) is 14.8. The molecule has 1 aromatic carbocycles. The summed E-state index contributed by atoms with van der Waals surface area (Å²) in [6.07, 6.45) is -0.0244. The maximum Gasteiger partial charge on any atom is 0.354 e. The molecule has 110 valence electrons. The fourth-order valence-corrected chi connectivity index (χ4v) is 2.08. The van der Waals surface area contributed by atoms with Crippen LogP contribution in [0.5, 0.6) is 0 Å². The summed E-state index contributed by atoms with van der Waals surface area (Å²) in [6.45, 7) is 5.90. The Morgan fingerprint density at radius 1 is 1.38 bits per heavy atom. The molecule has 0 bridgehead atoms. The second-order valence-corrected chi connectivity index (χ2v) is 4.44. The molecule has 2 aromatic rings. The van der Waals surface area contributed by atoms with Gasteiger partial charge in [-0.05, 0) is 18.6 Å². The predicted molar refractivity (Wildman–Crippen MR) is 78.2 cm³/mol. The van der Waals surface area contributed by atoms with Crippen LogP contribution in [-0.4, -0.2) is 23.5 Å². The molecule has 0 atom stereocenters.